The molecule has 0 amide bonds. The van der Waals surface area contributed by atoms with Crippen LogP contribution < -0.4 is 0 Å². The monoisotopic (exact) mass is 1530 g/mol. The van der Waals surface area contributed by atoms with E-state index in [9.17, 15) is 0 Å². The summed E-state index contributed by atoms with van der Waals surface area (Å²) in [4.78, 5) is 20.3. The van der Waals surface area contributed by atoms with Crippen molar-refractivity contribution in [2.45, 2.75) is 0 Å². The van der Waals surface area contributed by atoms with Crippen LogP contribution in [0.2, 0.25) is 0 Å². The van der Waals surface area contributed by atoms with Crippen molar-refractivity contribution >= 4 is 109 Å². The number of hydrogen-bond acceptors (Lipinski definition) is 4. The zero-order chi connectivity index (χ0) is 79.1. The lowest BCUT2D eigenvalue weighted by Gasteiger charge is -2.12. The van der Waals surface area contributed by atoms with Gasteiger partial charge >= 0.3 is 0 Å². The smallest absolute Gasteiger partial charge is 0.160 e. The lowest BCUT2D eigenvalue weighted by molar-refractivity contribution is 1.17. The Morgan fingerprint density at radius 3 is 0.850 bits per heavy atom. The molecule has 0 unspecified atom stereocenters. The van der Waals surface area contributed by atoms with Crippen LogP contribution in [0.1, 0.15) is 0 Å². The minimum Gasteiger partial charge on any atom is -0.309 e. The van der Waals surface area contributed by atoms with Crippen molar-refractivity contribution in [2.75, 3.05) is 0 Å². The van der Waals surface area contributed by atoms with Gasteiger partial charge in [0.15, 0.2) is 11.6 Å². The minimum absolute atomic E-state index is 0.708. The first-order valence-corrected chi connectivity index (χ1v) is 40.8. The second kappa shape index (κ2) is 29.0. The van der Waals surface area contributed by atoms with Gasteiger partial charge in [0.05, 0.1) is 72.6 Å². The maximum atomic E-state index is 5.13. The third kappa shape index (κ3) is 12.1. The Labute approximate surface area is 692 Å². The summed E-state index contributed by atoms with van der Waals surface area (Å²) < 4.78 is 9.55. The van der Waals surface area contributed by atoms with E-state index in [0.717, 1.165) is 67.5 Å². The van der Waals surface area contributed by atoms with E-state index in [1.165, 1.54) is 142 Å². The zero-order valence-corrected chi connectivity index (χ0v) is 65.1. The Morgan fingerprint density at radius 1 is 0.142 bits per heavy atom. The van der Waals surface area contributed by atoms with Crippen molar-refractivity contribution in [1.82, 2.24) is 38.2 Å². The normalized spacial score (nSPS) is 11.7. The van der Waals surface area contributed by atoms with E-state index in [0.29, 0.717) is 11.6 Å². The number of aromatic nitrogens is 8. The minimum atomic E-state index is 0.708. The highest BCUT2D eigenvalue weighted by atomic mass is 15.0. The first kappa shape index (κ1) is 69.4. The van der Waals surface area contributed by atoms with E-state index in [1.807, 2.05) is 42.5 Å². The van der Waals surface area contributed by atoms with Gasteiger partial charge in [-0.25, -0.2) is 19.9 Å². The Morgan fingerprint density at radius 2 is 0.425 bits per heavy atom. The fourth-order valence-corrected chi connectivity index (χ4v) is 18.1. The summed E-state index contributed by atoms with van der Waals surface area (Å²) in [5.74, 6) is 1.42. The molecule has 0 aliphatic rings. The molecule has 0 bridgehead atoms. The van der Waals surface area contributed by atoms with Crippen LogP contribution in [0.5, 0.6) is 0 Å². The molecule has 0 spiro atoms. The summed E-state index contributed by atoms with van der Waals surface area (Å²) in [7, 11) is 0. The van der Waals surface area contributed by atoms with Crippen LogP contribution in [0.3, 0.4) is 0 Å². The maximum Gasteiger partial charge on any atom is 0.160 e. The Bertz CT molecular complexity index is 8060. The second-order valence-electron chi connectivity index (χ2n) is 30.8. The topological polar surface area (TPSA) is 71.3 Å². The summed E-state index contributed by atoms with van der Waals surface area (Å²) in [5.41, 5.74) is 28.6. The molecule has 0 N–H and O–H groups in total. The van der Waals surface area contributed by atoms with E-state index < -0.39 is 0 Å². The molecule has 0 fully saturated rings. The van der Waals surface area contributed by atoms with Crippen molar-refractivity contribution in [2.24, 2.45) is 0 Å². The SMILES string of the molecule is c1ccc(-c2cc(-c3ccc(-n4c5ccccc5c5cc(-c6ccc7c(c6)c6ccccc6n7-c6cccc7ccccc67)ccc54)cc3)nc(-c3ccccc3)n2)cc1.c1ccc(-c2nc(-c3ccc(-n4c5ccccc5c5cc(-c6ccc7c(c6)c6ccccc6n7-c6ccccc6)ccc54)cc3)cc(-c3ccc4ccccc4c3)n2)cc1. The third-order valence-corrected chi connectivity index (χ3v) is 23.9. The summed E-state index contributed by atoms with van der Waals surface area (Å²) in [5, 5.41) is 14.8. The van der Waals surface area contributed by atoms with Crippen molar-refractivity contribution in [1.29, 1.82) is 0 Å². The van der Waals surface area contributed by atoms with Crippen LogP contribution in [-0.2, 0) is 0 Å². The zero-order valence-electron chi connectivity index (χ0n) is 65.1. The van der Waals surface area contributed by atoms with Crippen LogP contribution in [0, 0.1) is 0 Å². The lowest BCUT2D eigenvalue weighted by atomic mass is 10.0. The molecule has 24 aromatic rings. The van der Waals surface area contributed by atoms with Crippen LogP contribution >= 0.6 is 0 Å². The average Bonchev–Trinajstić information content (AvgIpc) is 1.59. The number of benzene rings is 18. The summed E-state index contributed by atoms with van der Waals surface area (Å²) in [6.45, 7) is 0. The molecular weight excluding hydrogens is 1460 g/mol. The Balaban J connectivity index is 0.000000140. The van der Waals surface area contributed by atoms with Gasteiger partial charge in [-0.2, -0.15) is 0 Å². The molecule has 0 radical (unpaired) electrons. The van der Waals surface area contributed by atoms with Crippen molar-refractivity contribution in [3.8, 4) is 113 Å². The molecule has 6 heterocycles. The van der Waals surface area contributed by atoms with E-state index in [4.69, 9.17) is 19.9 Å². The molecule has 0 aliphatic heterocycles. The molecule has 8 nitrogen and oxygen atoms in total. The van der Waals surface area contributed by atoms with Crippen molar-refractivity contribution in [3.05, 3.63) is 437 Å². The van der Waals surface area contributed by atoms with Crippen LogP contribution in [0.15, 0.2) is 437 Å². The Kier molecular flexibility index (Phi) is 16.7. The average molecular weight is 1530 g/mol. The largest absolute Gasteiger partial charge is 0.309 e. The van der Waals surface area contributed by atoms with E-state index in [1.54, 1.807) is 0 Å². The van der Waals surface area contributed by atoms with E-state index in [-0.39, 0.29) is 0 Å². The van der Waals surface area contributed by atoms with Gasteiger partial charge in [0.1, 0.15) is 0 Å². The first-order valence-electron chi connectivity index (χ1n) is 40.8. The van der Waals surface area contributed by atoms with Gasteiger partial charge in [0.2, 0.25) is 0 Å². The van der Waals surface area contributed by atoms with Gasteiger partial charge in [0.25, 0.3) is 0 Å². The van der Waals surface area contributed by atoms with Gasteiger partial charge in [-0.05, 0) is 172 Å². The molecule has 120 heavy (non-hydrogen) atoms. The molecule has 0 atom stereocenters. The third-order valence-electron chi connectivity index (χ3n) is 23.9. The number of rotatable bonds is 12. The highest BCUT2D eigenvalue weighted by Gasteiger charge is 2.22. The van der Waals surface area contributed by atoms with Crippen LogP contribution in [0.4, 0.5) is 0 Å². The molecule has 24 rings (SSSR count). The number of nitrogens with zero attached hydrogens (tertiary/aromatic N) is 8. The molecule has 0 saturated heterocycles. The number of hydrogen-bond donors (Lipinski definition) is 0. The van der Waals surface area contributed by atoms with Gasteiger partial charge in [0, 0.05) is 98.9 Å². The van der Waals surface area contributed by atoms with Crippen molar-refractivity contribution < 1.29 is 0 Å². The van der Waals surface area contributed by atoms with Gasteiger partial charge in [-0.15, -0.1) is 0 Å². The fourth-order valence-electron chi connectivity index (χ4n) is 18.1. The van der Waals surface area contributed by atoms with Gasteiger partial charge in [-0.3, -0.25) is 0 Å². The molecule has 6 aromatic heterocycles. The summed E-state index contributed by atoms with van der Waals surface area (Å²) >= 11 is 0. The summed E-state index contributed by atoms with van der Waals surface area (Å²) in [6, 6.07) is 156. The quantitative estimate of drug-likeness (QED) is 0.122. The first-order chi connectivity index (χ1) is 59.5. The predicted octanol–water partition coefficient (Wildman–Crippen LogP) is 29.0. The molecule has 560 valence electrons. The molecule has 18 aromatic carbocycles. The predicted molar refractivity (Wildman–Crippen MR) is 500 cm³/mol. The van der Waals surface area contributed by atoms with E-state index >= 15 is 0 Å². The van der Waals surface area contributed by atoms with Gasteiger partial charge in [-0.1, -0.05) is 303 Å². The van der Waals surface area contributed by atoms with Crippen LogP contribution in [0.25, 0.3) is 222 Å². The standard InChI is InChI=1S/2C56H36N4/c1-3-15-38(16-4-1)49-36-50(58-56(57-49)40-17-5-2-6-18-40)39-26-30-43(31-27-39)59-52-23-11-9-21-45(52)47-34-41(28-32-54(47)59)42-29-33-55-48(35-42)46-22-10-12-24-53(46)60(55)51-25-13-19-37-14-7-8-20-44(37)51;1-3-14-39(15-4-1)56-57-50(36-51(58-56)43-24-23-37-13-7-8-16-40(37)33-43)38-25-29-45(30-26-38)60-53-22-12-10-20-47(53)49-35-42(28-32-55(49)60)41-27-31-54-48(34-41)46-19-9-11-21-52(46)59(54)44-17-5-2-6-18-44/h2*1-36H. The highest BCUT2D eigenvalue weighted by molar-refractivity contribution is 6.16. The number of fused-ring (bicyclic) bond motifs is 14. The van der Waals surface area contributed by atoms with E-state index in [2.05, 4.69) is 413 Å². The highest BCUT2D eigenvalue weighted by Crippen LogP contribution is 2.44. The fraction of sp³-hybridized carbons (Fsp3) is 0. The number of para-hydroxylation sites is 5. The summed E-state index contributed by atoms with van der Waals surface area (Å²) in [6.07, 6.45) is 0. The molecule has 0 aliphatic carbocycles. The molecular formula is C112H72N8. The van der Waals surface area contributed by atoms with Crippen LogP contribution in [-0.4, -0.2) is 38.2 Å². The molecule has 8 heteroatoms. The van der Waals surface area contributed by atoms with Crippen molar-refractivity contribution in [3.63, 3.8) is 0 Å². The lowest BCUT2D eigenvalue weighted by Crippen LogP contribution is -1.97. The Hall–Kier alpha value is -16.2. The maximum absolute atomic E-state index is 5.13. The van der Waals surface area contributed by atoms with Gasteiger partial charge < -0.3 is 18.3 Å². The molecule has 0 saturated carbocycles. The second-order valence-corrected chi connectivity index (χ2v) is 30.8.